The van der Waals surface area contributed by atoms with Crippen LogP contribution in [0.4, 0.5) is 5.69 Å². The molecule has 0 saturated carbocycles. The second-order valence-electron chi connectivity index (χ2n) is 3.08. The smallest absolute Gasteiger partial charge is 0.322 e. The maximum absolute atomic E-state index is 10.1. The van der Waals surface area contributed by atoms with Crippen molar-refractivity contribution >= 4 is 11.7 Å². The van der Waals surface area contributed by atoms with Gasteiger partial charge in [-0.3, -0.25) is 4.79 Å². The van der Waals surface area contributed by atoms with Crippen LogP contribution in [0.15, 0.2) is 24.3 Å². The molecule has 0 unspecified atom stereocenters. The monoisotopic (exact) mass is 241 g/mol. The van der Waals surface area contributed by atoms with Crippen LogP contribution < -0.4 is 5.32 Å². The molecule has 0 amide bonds. The Balaban J connectivity index is 0.000000437. The molecule has 0 aliphatic carbocycles. The lowest BCUT2D eigenvalue weighted by molar-refractivity contribution is -0.134. The van der Waals surface area contributed by atoms with Crippen LogP contribution in [0.25, 0.3) is 0 Å². The van der Waals surface area contributed by atoms with Crippen LogP contribution in [-0.4, -0.2) is 35.9 Å². The molecule has 0 aliphatic heterocycles. The van der Waals surface area contributed by atoms with Crippen molar-refractivity contribution in [1.29, 1.82) is 0 Å². The largest absolute Gasteiger partial charge is 0.508 e. The fourth-order valence-electron chi connectivity index (χ4n) is 0.961. The third-order valence-electron chi connectivity index (χ3n) is 1.72. The minimum atomic E-state index is -0.914. The van der Waals surface area contributed by atoms with Gasteiger partial charge in [-0.25, -0.2) is 0 Å². The number of hydrogen-bond acceptors (Lipinski definition) is 4. The van der Waals surface area contributed by atoms with Gasteiger partial charge in [-0.15, -0.1) is 0 Å². The molecule has 0 saturated heterocycles. The van der Waals surface area contributed by atoms with Crippen LogP contribution in [0, 0.1) is 0 Å². The highest BCUT2D eigenvalue weighted by Gasteiger charge is 1.95. The molecule has 0 radical (unpaired) electrons. The summed E-state index contributed by atoms with van der Waals surface area (Å²) in [6.07, 6.45) is 0. The van der Waals surface area contributed by atoms with Gasteiger partial charge in [0, 0.05) is 18.9 Å². The van der Waals surface area contributed by atoms with E-state index < -0.39 is 5.97 Å². The SMILES string of the molecule is CCOCC.O=C(O)CNc1ccc(O)cc1. The van der Waals surface area contributed by atoms with Gasteiger partial charge < -0.3 is 20.3 Å². The normalized spacial score (nSPS) is 9.06. The first-order valence-corrected chi connectivity index (χ1v) is 5.42. The third-order valence-corrected chi connectivity index (χ3v) is 1.72. The van der Waals surface area contributed by atoms with E-state index in [0.717, 1.165) is 13.2 Å². The Bertz CT molecular complexity index is 309. The van der Waals surface area contributed by atoms with Crippen molar-refractivity contribution in [2.24, 2.45) is 0 Å². The molecule has 96 valence electrons. The summed E-state index contributed by atoms with van der Waals surface area (Å²) in [7, 11) is 0. The third kappa shape index (κ3) is 9.19. The summed E-state index contributed by atoms with van der Waals surface area (Å²) in [5.74, 6) is -0.751. The van der Waals surface area contributed by atoms with E-state index in [1.165, 1.54) is 12.1 Å². The number of aliphatic carboxylic acids is 1. The highest BCUT2D eigenvalue weighted by atomic mass is 16.5. The zero-order valence-corrected chi connectivity index (χ0v) is 10.1. The number of phenolic OH excluding ortho intramolecular Hbond substituents is 1. The number of carboxylic acid groups (broad SMARTS) is 1. The molecule has 0 spiro atoms. The first-order chi connectivity index (χ1) is 8.10. The van der Waals surface area contributed by atoms with Crippen molar-refractivity contribution < 1.29 is 19.7 Å². The highest BCUT2D eigenvalue weighted by molar-refractivity contribution is 5.72. The predicted octanol–water partition coefficient (Wildman–Crippen LogP) is 1.93. The Morgan fingerprint density at radius 3 is 2.12 bits per heavy atom. The molecule has 5 nitrogen and oxygen atoms in total. The highest BCUT2D eigenvalue weighted by Crippen LogP contribution is 2.12. The Morgan fingerprint density at radius 2 is 1.76 bits per heavy atom. The standard InChI is InChI=1S/C8H9NO3.C4H10O/c10-7-3-1-6(2-4-7)9-5-8(11)12;1-3-5-4-2/h1-4,9-10H,5H2,(H,11,12);3-4H2,1-2H3. The van der Waals surface area contributed by atoms with Gasteiger partial charge in [0.15, 0.2) is 0 Å². The molecule has 5 heteroatoms. The fraction of sp³-hybridized carbons (Fsp3) is 0.417. The summed E-state index contributed by atoms with van der Waals surface area (Å²) >= 11 is 0. The van der Waals surface area contributed by atoms with Crippen molar-refractivity contribution in [3.8, 4) is 5.75 Å². The summed E-state index contributed by atoms with van der Waals surface area (Å²) < 4.78 is 4.83. The van der Waals surface area contributed by atoms with Crippen molar-refractivity contribution in [3.63, 3.8) is 0 Å². The quantitative estimate of drug-likeness (QED) is 0.686. The summed E-state index contributed by atoms with van der Waals surface area (Å²) in [6, 6.07) is 6.20. The van der Waals surface area contributed by atoms with Crippen LogP contribution in [-0.2, 0) is 9.53 Å². The molecule has 0 bridgehead atoms. The Labute approximate surface area is 101 Å². The number of phenols is 1. The van der Waals surface area contributed by atoms with Gasteiger partial charge in [0.05, 0.1) is 0 Å². The number of anilines is 1. The molecule has 0 fully saturated rings. The number of benzene rings is 1. The number of carboxylic acids is 1. The van der Waals surface area contributed by atoms with Crippen LogP contribution in [0.3, 0.4) is 0 Å². The second kappa shape index (κ2) is 9.47. The number of nitrogens with one attached hydrogen (secondary N) is 1. The summed E-state index contributed by atoms with van der Waals surface area (Å²) in [4.78, 5) is 10.1. The van der Waals surface area contributed by atoms with Crippen molar-refractivity contribution in [2.45, 2.75) is 13.8 Å². The maximum Gasteiger partial charge on any atom is 0.322 e. The molecule has 0 aliphatic rings. The van der Waals surface area contributed by atoms with Gasteiger partial charge in [-0.2, -0.15) is 0 Å². The van der Waals surface area contributed by atoms with E-state index in [2.05, 4.69) is 5.32 Å². The lowest BCUT2D eigenvalue weighted by Crippen LogP contribution is -2.11. The van der Waals surface area contributed by atoms with Crippen molar-refractivity contribution in [1.82, 2.24) is 0 Å². The van der Waals surface area contributed by atoms with E-state index in [0.29, 0.717) is 5.69 Å². The molecular formula is C12H19NO4. The van der Waals surface area contributed by atoms with Crippen molar-refractivity contribution in [2.75, 3.05) is 25.1 Å². The molecule has 3 N–H and O–H groups in total. The Morgan fingerprint density at radius 1 is 1.24 bits per heavy atom. The van der Waals surface area contributed by atoms with Gasteiger partial charge in [-0.05, 0) is 38.1 Å². The zero-order chi connectivity index (χ0) is 13.1. The van der Waals surface area contributed by atoms with E-state index in [4.69, 9.17) is 14.9 Å². The van der Waals surface area contributed by atoms with E-state index in [1.54, 1.807) is 12.1 Å². The topological polar surface area (TPSA) is 78.8 Å². The second-order valence-corrected chi connectivity index (χ2v) is 3.08. The number of hydrogen-bond donors (Lipinski definition) is 3. The van der Waals surface area contributed by atoms with Crippen molar-refractivity contribution in [3.05, 3.63) is 24.3 Å². The lowest BCUT2D eigenvalue weighted by Gasteiger charge is -2.01. The first kappa shape index (κ1) is 15.2. The van der Waals surface area contributed by atoms with E-state index >= 15 is 0 Å². The van der Waals surface area contributed by atoms with E-state index in [-0.39, 0.29) is 12.3 Å². The minimum Gasteiger partial charge on any atom is -0.508 e. The number of ether oxygens (including phenoxy) is 1. The zero-order valence-electron chi connectivity index (χ0n) is 10.1. The van der Waals surface area contributed by atoms with E-state index in [9.17, 15) is 4.79 Å². The van der Waals surface area contributed by atoms with Crippen LogP contribution in [0.2, 0.25) is 0 Å². The summed E-state index contributed by atoms with van der Waals surface area (Å²) in [5, 5.41) is 19.9. The van der Waals surface area contributed by atoms with Gasteiger partial charge in [0.2, 0.25) is 0 Å². The Hall–Kier alpha value is -1.75. The van der Waals surface area contributed by atoms with Crippen LogP contribution >= 0.6 is 0 Å². The number of carbonyl (C=O) groups is 1. The summed E-state index contributed by atoms with van der Waals surface area (Å²) in [6.45, 7) is 5.55. The Kier molecular flexibility index (Phi) is 8.50. The molecular weight excluding hydrogens is 222 g/mol. The minimum absolute atomic E-state index is 0.120. The van der Waals surface area contributed by atoms with E-state index in [1.807, 2.05) is 13.8 Å². The average molecular weight is 241 g/mol. The molecule has 0 atom stereocenters. The predicted molar refractivity (Wildman–Crippen MR) is 66.4 cm³/mol. The molecule has 1 aromatic carbocycles. The van der Waals surface area contributed by atoms with Gasteiger partial charge >= 0.3 is 5.97 Å². The molecule has 17 heavy (non-hydrogen) atoms. The van der Waals surface area contributed by atoms with Gasteiger partial charge in [0.1, 0.15) is 12.3 Å². The molecule has 0 aromatic heterocycles. The molecule has 1 aromatic rings. The number of rotatable bonds is 5. The van der Waals surface area contributed by atoms with Gasteiger partial charge in [0.25, 0.3) is 0 Å². The first-order valence-electron chi connectivity index (χ1n) is 5.42. The lowest BCUT2D eigenvalue weighted by atomic mass is 10.3. The molecule has 0 heterocycles. The fourth-order valence-corrected chi connectivity index (χ4v) is 0.961. The number of aromatic hydroxyl groups is 1. The molecule has 1 rings (SSSR count). The van der Waals surface area contributed by atoms with Gasteiger partial charge in [-0.1, -0.05) is 0 Å². The van der Waals surface area contributed by atoms with Crippen LogP contribution in [0.5, 0.6) is 5.75 Å². The summed E-state index contributed by atoms with van der Waals surface area (Å²) in [5.41, 5.74) is 0.676. The maximum atomic E-state index is 10.1. The average Bonchev–Trinajstić information content (AvgIpc) is 2.30. The van der Waals surface area contributed by atoms with Crippen LogP contribution in [0.1, 0.15) is 13.8 Å².